The molecule has 0 amide bonds. The Balaban J connectivity index is 2.52. The zero-order valence-electron chi connectivity index (χ0n) is 7.87. The fourth-order valence-corrected chi connectivity index (χ4v) is 0.991. The molecule has 1 aromatic heterocycles. The van der Waals surface area contributed by atoms with Gasteiger partial charge in [0.1, 0.15) is 0 Å². The molecule has 1 unspecified atom stereocenters. The first kappa shape index (κ1) is 9.59. The maximum absolute atomic E-state index is 5.31. The summed E-state index contributed by atoms with van der Waals surface area (Å²) in [5.41, 5.74) is 0. The maximum Gasteiger partial charge on any atom is 0.322 e. The van der Waals surface area contributed by atoms with Crippen LogP contribution in [0.4, 0.5) is 6.01 Å². The molecule has 0 fully saturated rings. The van der Waals surface area contributed by atoms with Crippen LogP contribution < -0.4 is 5.32 Å². The van der Waals surface area contributed by atoms with Crippen LogP contribution in [-0.2, 0) is 0 Å². The summed E-state index contributed by atoms with van der Waals surface area (Å²) in [4.78, 5) is 4.00. The summed E-state index contributed by atoms with van der Waals surface area (Å²) < 4.78 is 4.88. The zero-order chi connectivity index (χ0) is 9.68. The van der Waals surface area contributed by atoms with Crippen LogP contribution in [0.15, 0.2) is 4.52 Å². The molecule has 4 heteroatoms. The van der Waals surface area contributed by atoms with Crippen LogP contribution in [0.1, 0.15) is 25.6 Å². The third-order valence-corrected chi connectivity index (χ3v) is 1.60. The van der Waals surface area contributed by atoms with E-state index in [0.29, 0.717) is 11.8 Å². The van der Waals surface area contributed by atoms with Crippen LogP contribution in [-0.4, -0.2) is 16.2 Å². The summed E-state index contributed by atoms with van der Waals surface area (Å²) in [5, 5.41) is 6.62. The van der Waals surface area contributed by atoms with Gasteiger partial charge in [0.05, 0.1) is 6.04 Å². The Morgan fingerprint density at radius 3 is 2.92 bits per heavy atom. The first-order valence-electron chi connectivity index (χ1n) is 4.29. The van der Waals surface area contributed by atoms with E-state index in [-0.39, 0.29) is 6.04 Å². The van der Waals surface area contributed by atoms with Crippen molar-refractivity contribution in [2.75, 3.05) is 5.32 Å². The van der Waals surface area contributed by atoms with Crippen molar-refractivity contribution in [3.05, 3.63) is 5.82 Å². The minimum atomic E-state index is -0.0233. The van der Waals surface area contributed by atoms with E-state index in [0.717, 1.165) is 12.8 Å². The van der Waals surface area contributed by atoms with E-state index in [1.54, 1.807) is 6.92 Å². The summed E-state index contributed by atoms with van der Waals surface area (Å²) in [7, 11) is 0. The molecule has 0 aromatic carbocycles. The number of nitrogens with zero attached hydrogens (tertiary/aromatic N) is 2. The van der Waals surface area contributed by atoms with Gasteiger partial charge < -0.3 is 9.84 Å². The number of anilines is 1. The first-order valence-corrected chi connectivity index (χ1v) is 4.29. The van der Waals surface area contributed by atoms with E-state index in [1.807, 2.05) is 0 Å². The van der Waals surface area contributed by atoms with E-state index in [4.69, 9.17) is 10.9 Å². The van der Waals surface area contributed by atoms with Gasteiger partial charge in [-0.05, 0) is 13.3 Å². The maximum atomic E-state index is 5.31. The monoisotopic (exact) mass is 179 g/mol. The number of aryl methyl sites for hydroxylation is 1. The van der Waals surface area contributed by atoms with Gasteiger partial charge in [-0.2, -0.15) is 4.98 Å². The third-order valence-electron chi connectivity index (χ3n) is 1.60. The summed E-state index contributed by atoms with van der Waals surface area (Å²) in [5.74, 6) is 3.23. The minimum absolute atomic E-state index is 0.0233. The zero-order valence-corrected chi connectivity index (χ0v) is 7.87. The van der Waals surface area contributed by atoms with Crippen LogP contribution >= 0.6 is 0 Å². The van der Waals surface area contributed by atoms with Crippen LogP contribution in [0.2, 0.25) is 0 Å². The highest BCUT2D eigenvalue weighted by Crippen LogP contribution is 2.06. The van der Waals surface area contributed by atoms with E-state index < -0.39 is 0 Å². The van der Waals surface area contributed by atoms with E-state index in [2.05, 4.69) is 28.3 Å². The molecule has 4 nitrogen and oxygen atoms in total. The standard InChI is InChI=1S/C9H13N3O/c1-4-6-8(5-2)11-9-10-7(3)12-13-9/h2,8H,4,6H2,1,3H3,(H,10,11,12). The number of hydrogen-bond donors (Lipinski definition) is 1. The number of terminal acetylenes is 1. The minimum Gasteiger partial charge on any atom is -0.324 e. The number of nitrogens with one attached hydrogen (secondary N) is 1. The Morgan fingerprint density at radius 1 is 1.69 bits per heavy atom. The fourth-order valence-electron chi connectivity index (χ4n) is 0.991. The number of aromatic nitrogens is 2. The lowest BCUT2D eigenvalue weighted by molar-refractivity contribution is 0.423. The molecule has 0 bridgehead atoms. The van der Waals surface area contributed by atoms with E-state index >= 15 is 0 Å². The average molecular weight is 179 g/mol. The molecule has 1 heterocycles. The van der Waals surface area contributed by atoms with Gasteiger partial charge in [0.25, 0.3) is 0 Å². The Kier molecular flexibility index (Phi) is 3.32. The molecule has 0 spiro atoms. The van der Waals surface area contributed by atoms with E-state index in [1.165, 1.54) is 0 Å². The van der Waals surface area contributed by atoms with Gasteiger partial charge in [0, 0.05) is 0 Å². The van der Waals surface area contributed by atoms with Gasteiger partial charge in [0.15, 0.2) is 5.82 Å². The quantitative estimate of drug-likeness (QED) is 0.713. The number of rotatable bonds is 4. The predicted octanol–water partition coefficient (Wildman–Crippen LogP) is 1.59. The molecule has 0 aliphatic heterocycles. The van der Waals surface area contributed by atoms with Crippen LogP contribution in [0.25, 0.3) is 0 Å². The molecular formula is C9H13N3O. The van der Waals surface area contributed by atoms with Crippen molar-refractivity contribution >= 4 is 6.01 Å². The molecule has 0 aliphatic carbocycles. The molecule has 0 aliphatic rings. The molecule has 1 N–H and O–H groups in total. The van der Waals surface area contributed by atoms with Crippen molar-refractivity contribution in [1.82, 2.24) is 10.1 Å². The summed E-state index contributed by atoms with van der Waals surface area (Å²) in [6.07, 6.45) is 7.23. The largest absolute Gasteiger partial charge is 0.324 e. The lowest BCUT2D eigenvalue weighted by Crippen LogP contribution is -2.16. The van der Waals surface area contributed by atoms with Gasteiger partial charge in [-0.3, -0.25) is 0 Å². The molecule has 70 valence electrons. The topological polar surface area (TPSA) is 51.0 Å². The van der Waals surface area contributed by atoms with Gasteiger partial charge in [-0.1, -0.05) is 24.4 Å². The van der Waals surface area contributed by atoms with Crippen molar-refractivity contribution < 1.29 is 4.52 Å². The lowest BCUT2D eigenvalue weighted by Gasteiger charge is -2.07. The molecule has 0 saturated carbocycles. The Labute approximate surface area is 77.7 Å². The SMILES string of the molecule is C#CC(CCC)Nc1nc(C)no1. The van der Waals surface area contributed by atoms with Crippen molar-refractivity contribution in [1.29, 1.82) is 0 Å². The van der Waals surface area contributed by atoms with Crippen LogP contribution in [0, 0.1) is 19.3 Å². The average Bonchev–Trinajstić information content (AvgIpc) is 2.50. The van der Waals surface area contributed by atoms with Gasteiger partial charge in [-0.25, -0.2) is 0 Å². The summed E-state index contributed by atoms with van der Waals surface area (Å²) in [6.45, 7) is 3.84. The summed E-state index contributed by atoms with van der Waals surface area (Å²) >= 11 is 0. The van der Waals surface area contributed by atoms with Crippen molar-refractivity contribution in [2.24, 2.45) is 0 Å². The first-order chi connectivity index (χ1) is 6.26. The lowest BCUT2D eigenvalue weighted by atomic mass is 10.2. The normalized spacial score (nSPS) is 12.1. The van der Waals surface area contributed by atoms with Gasteiger partial charge in [-0.15, -0.1) is 6.42 Å². The molecule has 0 saturated heterocycles. The Bertz CT molecular complexity index is 300. The van der Waals surface area contributed by atoms with Crippen LogP contribution in [0.5, 0.6) is 0 Å². The highest BCUT2D eigenvalue weighted by atomic mass is 16.5. The molecule has 13 heavy (non-hydrogen) atoms. The molecule has 1 atom stereocenters. The van der Waals surface area contributed by atoms with Gasteiger partial charge >= 0.3 is 6.01 Å². The molecule has 1 rings (SSSR count). The molecule has 0 radical (unpaired) electrons. The third kappa shape index (κ3) is 2.79. The Hall–Kier alpha value is -1.50. The second kappa shape index (κ2) is 4.51. The van der Waals surface area contributed by atoms with E-state index in [9.17, 15) is 0 Å². The molecular weight excluding hydrogens is 166 g/mol. The highest BCUT2D eigenvalue weighted by Gasteiger charge is 2.07. The highest BCUT2D eigenvalue weighted by molar-refractivity contribution is 5.25. The van der Waals surface area contributed by atoms with Crippen molar-refractivity contribution in [3.63, 3.8) is 0 Å². The van der Waals surface area contributed by atoms with Gasteiger partial charge in [0.2, 0.25) is 0 Å². The second-order valence-corrected chi connectivity index (χ2v) is 2.80. The molecule has 1 aromatic rings. The van der Waals surface area contributed by atoms with Crippen molar-refractivity contribution in [3.8, 4) is 12.3 Å². The summed E-state index contributed by atoms with van der Waals surface area (Å²) in [6, 6.07) is 0.374. The second-order valence-electron chi connectivity index (χ2n) is 2.80. The fraction of sp³-hybridized carbons (Fsp3) is 0.556. The van der Waals surface area contributed by atoms with Crippen LogP contribution in [0.3, 0.4) is 0 Å². The smallest absolute Gasteiger partial charge is 0.322 e. The predicted molar refractivity (Wildman–Crippen MR) is 50.2 cm³/mol. The van der Waals surface area contributed by atoms with Crippen molar-refractivity contribution in [2.45, 2.75) is 32.7 Å². The Morgan fingerprint density at radius 2 is 2.46 bits per heavy atom. The number of hydrogen-bond acceptors (Lipinski definition) is 4.